The van der Waals surface area contributed by atoms with Crippen LogP contribution in [0.3, 0.4) is 0 Å². The number of sulfone groups is 1. The third-order valence-electron chi connectivity index (χ3n) is 3.04. The molecule has 1 aliphatic heterocycles. The minimum Gasteiger partial charge on any atom is -0.353 e. The fourth-order valence-corrected chi connectivity index (χ4v) is 5.08. The first-order valence-corrected chi connectivity index (χ1v) is 9.87. The van der Waals surface area contributed by atoms with Crippen LogP contribution in [-0.2, 0) is 24.7 Å². The van der Waals surface area contributed by atoms with Gasteiger partial charge in [-0.1, -0.05) is 6.08 Å². The van der Waals surface area contributed by atoms with Crippen LogP contribution in [-0.4, -0.2) is 63.9 Å². The van der Waals surface area contributed by atoms with E-state index in [1.54, 1.807) is 0 Å². The highest BCUT2D eigenvalue weighted by atomic mass is 32.2. The molecule has 0 aromatic rings. The summed E-state index contributed by atoms with van der Waals surface area (Å²) in [5, 5.41) is 2.55. The summed E-state index contributed by atoms with van der Waals surface area (Å²) in [5.74, 6) is -0.472. The number of amides is 1. The summed E-state index contributed by atoms with van der Waals surface area (Å²) in [5.41, 5.74) is 0. The molecule has 0 radical (unpaired) electrons. The Balaban J connectivity index is 2.68. The summed E-state index contributed by atoms with van der Waals surface area (Å²) in [6.07, 6.45) is 2.83. The van der Waals surface area contributed by atoms with Crippen molar-refractivity contribution in [3.63, 3.8) is 0 Å². The highest BCUT2D eigenvalue weighted by molar-refractivity contribution is 7.92. The predicted molar refractivity (Wildman–Crippen MR) is 76.4 cm³/mol. The molecule has 20 heavy (non-hydrogen) atoms. The van der Waals surface area contributed by atoms with Crippen LogP contribution in [0.2, 0.25) is 0 Å². The van der Waals surface area contributed by atoms with Gasteiger partial charge in [0.05, 0.1) is 17.8 Å². The van der Waals surface area contributed by atoms with Gasteiger partial charge in [0.1, 0.15) is 0 Å². The molecule has 0 bridgehead atoms. The van der Waals surface area contributed by atoms with Gasteiger partial charge >= 0.3 is 0 Å². The van der Waals surface area contributed by atoms with E-state index < -0.39 is 25.9 Å². The van der Waals surface area contributed by atoms with E-state index in [2.05, 4.69) is 11.9 Å². The first-order valence-electron chi connectivity index (χ1n) is 6.20. The molecule has 1 N–H and O–H groups in total. The molecule has 0 aromatic carbocycles. The zero-order valence-electron chi connectivity index (χ0n) is 11.4. The fourth-order valence-electron chi connectivity index (χ4n) is 2.11. The maximum Gasteiger partial charge on any atom is 0.221 e. The summed E-state index contributed by atoms with van der Waals surface area (Å²) in [4.78, 5) is 11.5. The van der Waals surface area contributed by atoms with Gasteiger partial charge < -0.3 is 5.32 Å². The van der Waals surface area contributed by atoms with Crippen LogP contribution in [0, 0.1) is 0 Å². The molecule has 0 aromatic heterocycles. The lowest BCUT2D eigenvalue weighted by Crippen LogP contribution is -2.42. The van der Waals surface area contributed by atoms with Crippen LogP contribution in [0.5, 0.6) is 0 Å². The van der Waals surface area contributed by atoms with Crippen LogP contribution in [0.25, 0.3) is 0 Å². The maximum atomic E-state index is 11.7. The van der Waals surface area contributed by atoms with Crippen molar-refractivity contribution in [1.29, 1.82) is 0 Å². The summed E-state index contributed by atoms with van der Waals surface area (Å²) < 4.78 is 47.5. The van der Waals surface area contributed by atoms with Crippen molar-refractivity contribution in [2.45, 2.75) is 18.9 Å². The monoisotopic (exact) mass is 324 g/mol. The summed E-state index contributed by atoms with van der Waals surface area (Å²) in [7, 11) is -6.72. The molecule has 0 saturated carbocycles. The average Bonchev–Trinajstić information content (AvgIpc) is 2.65. The predicted octanol–water partition coefficient (Wildman–Crippen LogP) is -0.873. The zero-order valence-corrected chi connectivity index (χ0v) is 13.0. The van der Waals surface area contributed by atoms with E-state index in [0.29, 0.717) is 6.54 Å². The van der Waals surface area contributed by atoms with Crippen LogP contribution in [0.4, 0.5) is 0 Å². The number of sulfonamides is 1. The van der Waals surface area contributed by atoms with Crippen molar-refractivity contribution in [3.8, 4) is 0 Å². The molecule has 1 heterocycles. The average molecular weight is 324 g/mol. The van der Waals surface area contributed by atoms with Crippen molar-refractivity contribution in [2.24, 2.45) is 0 Å². The first kappa shape index (κ1) is 17.1. The molecular formula is C11H20N2O5S2. The lowest BCUT2D eigenvalue weighted by molar-refractivity contribution is -0.121. The third kappa shape index (κ3) is 5.22. The highest BCUT2D eigenvalue weighted by Crippen LogP contribution is 2.20. The van der Waals surface area contributed by atoms with Gasteiger partial charge in [0.15, 0.2) is 9.84 Å². The Morgan fingerprint density at radius 2 is 2.15 bits per heavy atom. The zero-order chi connectivity index (χ0) is 15.4. The molecule has 0 spiro atoms. The number of nitrogens with zero attached hydrogens (tertiary/aromatic N) is 1. The first-order chi connectivity index (χ1) is 9.15. The molecule has 9 heteroatoms. The number of nitrogens with one attached hydrogen (secondary N) is 1. The number of hydrogen-bond donors (Lipinski definition) is 1. The summed E-state index contributed by atoms with van der Waals surface area (Å²) >= 11 is 0. The number of rotatable bonds is 7. The molecular weight excluding hydrogens is 304 g/mol. The lowest BCUT2D eigenvalue weighted by atomic mass is 10.2. The molecule has 1 amide bonds. The second kappa shape index (κ2) is 6.68. The summed E-state index contributed by atoms with van der Waals surface area (Å²) in [6, 6.07) is -0.567. The van der Waals surface area contributed by atoms with E-state index in [9.17, 15) is 21.6 Å². The molecule has 0 aliphatic carbocycles. The Labute approximate surface area is 120 Å². The quantitative estimate of drug-likeness (QED) is 0.613. The van der Waals surface area contributed by atoms with Crippen LogP contribution in [0.15, 0.2) is 12.7 Å². The van der Waals surface area contributed by atoms with Gasteiger partial charge in [-0.2, -0.15) is 4.31 Å². The van der Waals surface area contributed by atoms with Gasteiger partial charge in [-0.25, -0.2) is 16.8 Å². The van der Waals surface area contributed by atoms with Crippen molar-refractivity contribution in [1.82, 2.24) is 9.62 Å². The van der Waals surface area contributed by atoms with Gasteiger partial charge in [-0.05, 0) is 6.42 Å². The fraction of sp³-hybridized carbons (Fsp3) is 0.727. The minimum absolute atomic E-state index is 0.00252. The van der Waals surface area contributed by atoms with E-state index >= 15 is 0 Å². The molecule has 1 fully saturated rings. The highest BCUT2D eigenvalue weighted by Gasteiger charge is 2.36. The van der Waals surface area contributed by atoms with Crippen molar-refractivity contribution in [3.05, 3.63) is 12.7 Å². The Morgan fingerprint density at radius 3 is 2.60 bits per heavy atom. The maximum absolute atomic E-state index is 11.7. The number of hydrogen-bond acceptors (Lipinski definition) is 5. The van der Waals surface area contributed by atoms with Gasteiger partial charge in [0.2, 0.25) is 15.9 Å². The van der Waals surface area contributed by atoms with Gasteiger partial charge in [-0.3, -0.25) is 4.79 Å². The van der Waals surface area contributed by atoms with Crippen LogP contribution >= 0.6 is 0 Å². The van der Waals surface area contributed by atoms with Crippen molar-refractivity contribution >= 4 is 25.8 Å². The van der Waals surface area contributed by atoms with Gasteiger partial charge in [0, 0.05) is 25.6 Å². The van der Waals surface area contributed by atoms with Gasteiger partial charge in [-0.15, -0.1) is 6.58 Å². The van der Waals surface area contributed by atoms with E-state index in [1.807, 2.05) is 0 Å². The van der Waals surface area contributed by atoms with Gasteiger partial charge in [0.25, 0.3) is 0 Å². The molecule has 116 valence electrons. The SMILES string of the molecule is C=CCNC(=O)CCN(C1CCS(=O)(=O)C1)S(C)(=O)=O. The molecule has 1 aliphatic rings. The topological polar surface area (TPSA) is 101 Å². The van der Waals surface area contributed by atoms with Crippen molar-refractivity contribution < 1.29 is 21.6 Å². The molecule has 7 nitrogen and oxygen atoms in total. The number of carbonyl (C=O) groups excluding carboxylic acids is 1. The standard InChI is InChI=1S/C11H20N2O5S2/c1-3-6-12-11(14)4-7-13(19(2,15)16)10-5-8-20(17,18)9-10/h3,10H,1,4-9H2,2H3,(H,12,14). The summed E-state index contributed by atoms with van der Waals surface area (Å²) in [6.45, 7) is 3.76. The molecule has 1 rings (SSSR count). The number of carbonyl (C=O) groups is 1. The second-order valence-corrected chi connectivity index (χ2v) is 8.94. The van der Waals surface area contributed by atoms with E-state index in [0.717, 1.165) is 10.6 Å². The third-order valence-corrected chi connectivity index (χ3v) is 6.13. The molecule has 1 atom stereocenters. The van der Waals surface area contributed by atoms with E-state index in [-0.39, 0.29) is 36.8 Å². The van der Waals surface area contributed by atoms with E-state index in [4.69, 9.17) is 0 Å². The molecule has 1 saturated heterocycles. The molecule has 1 unspecified atom stereocenters. The van der Waals surface area contributed by atoms with E-state index in [1.165, 1.54) is 6.08 Å². The lowest BCUT2D eigenvalue weighted by Gasteiger charge is -2.25. The van der Waals surface area contributed by atoms with Crippen LogP contribution in [0.1, 0.15) is 12.8 Å². The minimum atomic E-state index is -3.55. The largest absolute Gasteiger partial charge is 0.353 e. The smallest absolute Gasteiger partial charge is 0.221 e. The van der Waals surface area contributed by atoms with Crippen molar-refractivity contribution in [2.75, 3.05) is 30.9 Å². The van der Waals surface area contributed by atoms with Crippen LogP contribution < -0.4 is 5.32 Å². The second-order valence-electron chi connectivity index (χ2n) is 4.77. The Morgan fingerprint density at radius 1 is 1.50 bits per heavy atom. The normalized spacial score (nSPS) is 21.8. The Hall–Kier alpha value is -0.930. The Bertz CT molecular complexity index is 568. The Kier molecular flexibility index (Phi) is 5.72.